The molecular weight excluding hydrogens is 1690 g/mol. The molecule has 5 aliphatic rings. The number of fused-ring (bicyclic) bond motifs is 4. The van der Waals surface area contributed by atoms with Crippen LogP contribution in [0.25, 0.3) is 0 Å². The lowest BCUT2D eigenvalue weighted by Crippen LogP contribution is -2.37. The molecule has 1 fully saturated rings. The Labute approximate surface area is 734 Å². The van der Waals surface area contributed by atoms with Crippen molar-refractivity contribution in [1.29, 1.82) is 0 Å². The summed E-state index contributed by atoms with van der Waals surface area (Å²) in [4.78, 5) is 79.1. The molecule has 0 aliphatic carbocycles. The molecule has 0 saturated carbocycles. The van der Waals surface area contributed by atoms with Crippen LogP contribution in [0.4, 0.5) is 24.0 Å². The average Bonchev–Trinajstić information content (AvgIpc) is 1.68. The SMILES string of the molecule is C#CCCC(=O)OC(C)(C)C.C#CCN(CC#CC)C(=O)OC(C)(C)C.C#CCO.C1CCOC1.CC#CCBr.Cc1c(CBr)ccc2c1CN(C(=O)OC(C)(C)C)C2.Cc1c(CO)ccc2c1CN(C(=O)OC(C)(C)C)C2.Cc1cc(CBr)cc2c1CN(C(=O)OC(C)(C)C)C2.Cc1cc(CO)cc2c1CN(C(=O)OC(C)(C)C)C2.[2H]CC. The summed E-state index contributed by atoms with van der Waals surface area (Å²) in [6.07, 6.45) is 16.5. The second kappa shape index (κ2) is 54.1. The summed E-state index contributed by atoms with van der Waals surface area (Å²) in [7, 11) is 0. The second-order valence-corrected chi connectivity index (χ2v) is 35.2. The predicted octanol–water partition coefficient (Wildman–Crippen LogP) is 20.2. The minimum Gasteiger partial charge on any atom is -0.460 e. The van der Waals surface area contributed by atoms with Crippen molar-refractivity contribution in [3.8, 4) is 60.7 Å². The zero-order valence-electron chi connectivity index (χ0n) is 76.1. The number of terminal acetylenes is 3. The van der Waals surface area contributed by atoms with Crippen LogP contribution in [0.15, 0.2) is 48.5 Å². The fourth-order valence-corrected chi connectivity index (χ4v) is 12.4. The number of rotatable bonds is 8. The number of benzene rings is 4. The number of ether oxygens (including phenoxy) is 7. The van der Waals surface area contributed by atoms with Gasteiger partial charge in [-0.1, -0.05) is 134 Å². The van der Waals surface area contributed by atoms with Gasteiger partial charge in [-0.05, 0) is 268 Å². The number of aliphatic hydroxyl groups is 3. The van der Waals surface area contributed by atoms with E-state index in [1.807, 2.05) is 176 Å². The molecule has 3 N–H and O–H groups in total. The summed E-state index contributed by atoms with van der Waals surface area (Å²) in [6.45, 7) is 54.8. The molecule has 118 heavy (non-hydrogen) atoms. The largest absolute Gasteiger partial charge is 0.460 e. The van der Waals surface area contributed by atoms with E-state index in [-0.39, 0.29) is 56.7 Å². The van der Waals surface area contributed by atoms with Gasteiger partial charge in [-0.3, -0.25) is 29.3 Å². The topological polar surface area (TPSA) is 244 Å². The number of aliphatic hydroxyl groups excluding tert-OH is 3. The molecule has 1 saturated heterocycles. The number of carbonyl (C=O) groups excluding carboxylic acids is 6. The van der Waals surface area contributed by atoms with E-state index in [4.69, 9.17) is 52.5 Å². The quantitative estimate of drug-likeness (QED) is 0.0642. The minimum atomic E-state index is -0.510. The lowest BCUT2D eigenvalue weighted by Gasteiger charge is -2.24. The van der Waals surface area contributed by atoms with Gasteiger partial charge in [-0.25, -0.2) is 24.0 Å². The highest BCUT2D eigenvalue weighted by atomic mass is 79.9. The van der Waals surface area contributed by atoms with Gasteiger partial charge in [0.2, 0.25) is 0 Å². The van der Waals surface area contributed by atoms with E-state index in [0.717, 1.165) is 68.1 Å². The number of amides is 5. The Kier molecular flexibility index (Phi) is 49.5. The first-order valence-corrected chi connectivity index (χ1v) is 42.7. The molecule has 9 rings (SSSR count). The van der Waals surface area contributed by atoms with Crippen LogP contribution in [-0.4, -0.2) is 148 Å². The average molecular weight is 1830 g/mol. The number of hydrogen-bond acceptors (Lipinski definition) is 16. The molecule has 24 heteroatoms. The number of esters is 1. The van der Waals surface area contributed by atoms with Gasteiger partial charge in [0.05, 0.1) is 38.1 Å². The molecule has 0 radical (unpaired) electrons. The fourth-order valence-electron chi connectivity index (χ4n) is 11.2. The van der Waals surface area contributed by atoms with Crippen LogP contribution >= 0.6 is 47.8 Å². The normalized spacial score (nSPS) is 13.1. The van der Waals surface area contributed by atoms with E-state index in [2.05, 4.69) is 128 Å². The number of nitrogens with zero attached hydrogens (tertiary/aromatic N) is 5. The summed E-state index contributed by atoms with van der Waals surface area (Å²) < 4.78 is 43.0. The fraction of sp³-hybridized carbons (Fsp3) is 0.574. The van der Waals surface area contributed by atoms with Crippen molar-refractivity contribution in [2.24, 2.45) is 0 Å². The molecule has 4 aromatic carbocycles. The highest BCUT2D eigenvalue weighted by Crippen LogP contribution is 2.34. The van der Waals surface area contributed by atoms with Crippen LogP contribution in [0.3, 0.4) is 0 Å². The van der Waals surface area contributed by atoms with Gasteiger partial charge in [0, 0.05) is 84.0 Å². The molecule has 5 aliphatic heterocycles. The van der Waals surface area contributed by atoms with Crippen molar-refractivity contribution in [2.45, 2.75) is 316 Å². The van der Waals surface area contributed by atoms with Gasteiger partial charge in [0.25, 0.3) is 0 Å². The molecule has 0 unspecified atom stereocenters. The highest BCUT2D eigenvalue weighted by molar-refractivity contribution is 9.09. The summed E-state index contributed by atoms with van der Waals surface area (Å²) in [5, 5.41) is 28.6. The molecule has 0 aromatic heterocycles. The van der Waals surface area contributed by atoms with E-state index in [1.165, 1.54) is 67.8 Å². The summed E-state index contributed by atoms with van der Waals surface area (Å²) in [5.74, 6) is 17.5. The first kappa shape index (κ1) is 108. The van der Waals surface area contributed by atoms with Gasteiger partial charge >= 0.3 is 36.4 Å². The van der Waals surface area contributed by atoms with Crippen LogP contribution in [0, 0.1) is 88.4 Å². The Bertz CT molecular complexity index is 3900. The number of halogens is 3. The smallest absolute Gasteiger partial charge is 0.411 e. The molecule has 21 nitrogen and oxygen atoms in total. The molecule has 4 aromatic rings. The maximum Gasteiger partial charge on any atom is 0.411 e. The zero-order valence-corrected chi connectivity index (χ0v) is 79.9. The molecule has 5 amide bonds. The summed E-state index contributed by atoms with van der Waals surface area (Å²) in [5.41, 5.74) is 15.9. The molecule has 0 atom stereocenters. The maximum absolute atomic E-state index is 12.1. The number of aryl methyl sites for hydroxylation is 2. The molecule has 0 spiro atoms. The van der Waals surface area contributed by atoms with Crippen LogP contribution < -0.4 is 0 Å². The van der Waals surface area contributed by atoms with Crippen molar-refractivity contribution in [3.63, 3.8) is 0 Å². The van der Waals surface area contributed by atoms with Crippen molar-refractivity contribution in [1.82, 2.24) is 24.5 Å². The van der Waals surface area contributed by atoms with E-state index >= 15 is 0 Å². The van der Waals surface area contributed by atoms with Crippen LogP contribution in [0.2, 0.25) is 0 Å². The predicted molar refractivity (Wildman–Crippen MR) is 482 cm³/mol. The third-order valence-corrected chi connectivity index (χ3v) is 17.9. The first-order chi connectivity index (χ1) is 55.3. The van der Waals surface area contributed by atoms with Crippen molar-refractivity contribution < 1.29 is 78.6 Å². The Morgan fingerprint density at radius 2 is 0.839 bits per heavy atom. The van der Waals surface area contributed by atoms with E-state index in [9.17, 15) is 39.0 Å². The van der Waals surface area contributed by atoms with Gasteiger partial charge in [0.15, 0.2) is 0 Å². The zero-order chi connectivity index (χ0) is 91.4. The molecule has 0 bridgehead atoms. The van der Waals surface area contributed by atoms with Crippen LogP contribution in [0.5, 0.6) is 0 Å². The second-order valence-electron chi connectivity index (χ2n) is 33.5. The standard InChI is InChI=1S/2C15H20BrNO2.2C15H21NO3.C12H17NO2.C9H14O2.C4H5Br.C4H8O.C3H4O.C2H6/c1-10-5-11(7-16)6-12-8-17(9-13(10)12)14(18)19-15(2,3)4;1-10-11(7-16)5-6-12-8-17(9-13(10)12)14(18)19-15(2,3)4;1-10-5-11(9-17)6-12-7-16(8-13(10)12)14(18)19-15(2,3)4;1-10-12(9-17)6-5-11-7-16(8-13(10)11)14(18)19-15(2,3)4;1-6-8-10-13(9-7-2)11(14)15-12(3,4)5;1-5-6-7-8(10)11-9(2,3)4;1-2-3-4-5;1-2-4-5-3-1;1-2-3-4;1-2/h2*5-6H,7-9H2,1-4H3;2*5-6,17H,7-9H2,1-4H3;2H,9-10H2,1,3-5H3;1H,6-7H2,2-4H3;4H2,1H3;1-4H2;1,4H,3H2;1-2H3/i;;;;;;;;;1D. The third kappa shape index (κ3) is 44.2. The number of carbonyl (C=O) groups is 6. The van der Waals surface area contributed by atoms with E-state index in [1.54, 1.807) is 33.4 Å². The maximum atomic E-state index is 12.1. The Morgan fingerprint density at radius 3 is 1.14 bits per heavy atom. The Hall–Kier alpha value is -8.22. The molecule has 654 valence electrons. The highest BCUT2D eigenvalue weighted by Gasteiger charge is 2.34. The lowest BCUT2D eigenvalue weighted by molar-refractivity contribution is -0.154. The summed E-state index contributed by atoms with van der Waals surface area (Å²) >= 11 is 10.1. The summed E-state index contributed by atoms with van der Waals surface area (Å²) in [6, 6.07) is 16.4. The van der Waals surface area contributed by atoms with Crippen molar-refractivity contribution in [2.75, 3.05) is 38.2 Å². The third-order valence-electron chi connectivity index (χ3n) is 16.4. The van der Waals surface area contributed by atoms with Crippen molar-refractivity contribution >= 4 is 84.2 Å². The first-order valence-electron chi connectivity index (χ1n) is 40.1. The van der Waals surface area contributed by atoms with Crippen molar-refractivity contribution in [3.05, 3.63) is 138 Å². The van der Waals surface area contributed by atoms with Gasteiger partial charge in [0.1, 0.15) is 40.2 Å². The minimum absolute atomic E-state index is 0.0283. The monoisotopic (exact) mass is 1830 g/mol. The van der Waals surface area contributed by atoms with Gasteiger partial charge in [-0.15, -0.1) is 37.0 Å². The number of hydrogen-bond donors (Lipinski definition) is 3. The Morgan fingerprint density at radius 1 is 0.475 bits per heavy atom. The van der Waals surface area contributed by atoms with Gasteiger partial charge < -0.3 is 48.5 Å². The van der Waals surface area contributed by atoms with Gasteiger partial charge in [-0.2, -0.15) is 0 Å². The Balaban J connectivity index is 0.00000136. The van der Waals surface area contributed by atoms with Crippen LogP contribution in [-0.2, 0) is 114 Å². The number of alkyl halides is 3. The van der Waals surface area contributed by atoms with E-state index in [0.29, 0.717) is 78.6 Å². The van der Waals surface area contributed by atoms with Crippen LogP contribution in [0.1, 0.15) is 268 Å². The molecule has 5 heterocycles. The molecular formula is C94H136Br3N5O16. The van der Waals surface area contributed by atoms with E-state index < -0.39 is 39.7 Å². The lowest BCUT2D eigenvalue weighted by atomic mass is 9.99.